The lowest BCUT2D eigenvalue weighted by Gasteiger charge is -2.38. The molecule has 2 aliphatic heterocycles. The van der Waals surface area contributed by atoms with Gasteiger partial charge in [0, 0.05) is 38.4 Å². The van der Waals surface area contributed by atoms with Gasteiger partial charge in [-0.25, -0.2) is 18.0 Å². The first kappa shape index (κ1) is 28.8. The molecular formula is C29H38N4O5S. The lowest BCUT2D eigenvalue weighted by atomic mass is 9.93. The average molecular weight is 555 g/mol. The van der Waals surface area contributed by atoms with E-state index in [1.54, 1.807) is 36.1 Å². The molecule has 0 radical (unpaired) electrons. The quantitative estimate of drug-likeness (QED) is 0.501. The van der Waals surface area contributed by atoms with Gasteiger partial charge in [0.05, 0.1) is 23.1 Å². The highest BCUT2D eigenvalue weighted by Crippen LogP contribution is 2.32. The Hall–Kier alpha value is -3.21. The van der Waals surface area contributed by atoms with Crippen LogP contribution in [0.5, 0.6) is 0 Å². The number of benzene rings is 2. The number of likely N-dealkylation sites (N-methyl/N-ethyl adjacent to an activating group) is 1. The summed E-state index contributed by atoms with van der Waals surface area (Å²) in [4.78, 5) is 30.5. The molecule has 0 spiro atoms. The number of carbonyl (C=O) groups is 2. The minimum atomic E-state index is -3.62. The number of rotatable bonds is 8. The first-order chi connectivity index (χ1) is 18.6. The number of carbonyl (C=O) groups excluding carboxylic acids is 2. The lowest BCUT2D eigenvalue weighted by Crippen LogP contribution is -2.51. The van der Waals surface area contributed by atoms with E-state index < -0.39 is 22.0 Å². The van der Waals surface area contributed by atoms with E-state index in [2.05, 4.69) is 10.2 Å². The molecule has 4 rings (SSSR count). The highest BCUT2D eigenvalue weighted by Gasteiger charge is 2.38. The average Bonchev–Trinajstić information content (AvgIpc) is 3.15. The van der Waals surface area contributed by atoms with Crippen molar-refractivity contribution in [2.75, 3.05) is 45.9 Å². The zero-order chi connectivity index (χ0) is 28.2. The van der Waals surface area contributed by atoms with E-state index in [0.717, 1.165) is 16.7 Å². The molecule has 2 aliphatic rings. The molecule has 2 heterocycles. The smallest absolute Gasteiger partial charge is 0.338 e. The zero-order valence-corrected chi connectivity index (χ0v) is 24.0. The van der Waals surface area contributed by atoms with Crippen molar-refractivity contribution in [3.63, 3.8) is 0 Å². The van der Waals surface area contributed by atoms with Crippen molar-refractivity contribution in [1.29, 1.82) is 0 Å². The van der Waals surface area contributed by atoms with Crippen molar-refractivity contribution in [3.8, 4) is 0 Å². The fourth-order valence-electron chi connectivity index (χ4n) is 5.08. The second kappa shape index (κ2) is 12.3. The Morgan fingerprint density at radius 2 is 1.59 bits per heavy atom. The number of aryl methyl sites for hydroxylation is 2. The molecule has 0 saturated carbocycles. The maximum absolute atomic E-state index is 13.3. The summed E-state index contributed by atoms with van der Waals surface area (Å²) in [5.41, 5.74) is 3.89. The third kappa shape index (κ3) is 6.34. The molecule has 0 bridgehead atoms. The molecule has 2 amide bonds. The van der Waals surface area contributed by atoms with Crippen molar-refractivity contribution in [2.45, 2.75) is 45.1 Å². The van der Waals surface area contributed by atoms with Gasteiger partial charge in [0.25, 0.3) is 0 Å². The molecule has 2 aromatic carbocycles. The van der Waals surface area contributed by atoms with Crippen LogP contribution in [-0.4, -0.2) is 80.4 Å². The van der Waals surface area contributed by atoms with Gasteiger partial charge >= 0.3 is 12.0 Å². The summed E-state index contributed by atoms with van der Waals surface area (Å²) >= 11 is 0. The fraction of sp³-hybridized carbons (Fsp3) is 0.448. The van der Waals surface area contributed by atoms with Gasteiger partial charge < -0.3 is 10.1 Å². The molecule has 0 unspecified atom stereocenters. The summed E-state index contributed by atoms with van der Waals surface area (Å²) in [6.45, 7) is 10.3. The Labute approximate surface area is 231 Å². The number of ether oxygens (including phenoxy) is 1. The van der Waals surface area contributed by atoms with Gasteiger partial charge in [0.15, 0.2) is 0 Å². The van der Waals surface area contributed by atoms with Gasteiger partial charge in [-0.1, -0.05) is 47.5 Å². The molecule has 210 valence electrons. The number of hydrogen-bond donors (Lipinski definition) is 1. The predicted octanol–water partition coefficient (Wildman–Crippen LogP) is 3.60. The minimum absolute atomic E-state index is 0.214. The molecule has 2 aromatic rings. The zero-order valence-electron chi connectivity index (χ0n) is 23.1. The van der Waals surface area contributed by atoms with Crippen LogP contribution in [0.2, 0.25) is 0 Å². The third-order valence-electron chi connectivity index (χ3n) is 7.24. The predicted molar refractivity (Wildman–Crippen MR) is 149 cm³/mol. The molecule has 1 atom stereocenters. The van der Waals surface area contributed by atoms with Gasteiger partial charge in [-0.15, -0.1) is 0 Å². The molecule has 0 aliphatic carbocycles. The van der Waals surface area contributed by atoms with Crippen LogP contribution in [-0.2, 0) is 19.6 Å². The lowest BCUT2D eigenvalue weighted by molar-refractivity contribution is -0.139. The van der Waals surface area contributed by atoms with Crippen LogP contribution >= 0.6 is 0 Å². The van der Waals surface area contributed by atoms with Crippen LogP contribution in [0.25, 0.3) is 0 Å². The third-order valence-corrected chi connectivity index (χ3v) is 9.15. The summed E-state index contributed by atoms with van der Waals surface area (Å²) in [6, 6.07) is 13.7. The molecule has 10 heteroatoms. The number of esters is 1. The summed E-state index contributed by atoms with van der Waals surface area (Å²) in [5, 5.41) is 2.99. The second-order valence-corrected chi connectivity index (χ2v) is 11.9. The number of nitrogens with zero attached hydrogens (tertiary/aromatic N) is 3. The van der Waals surface area contributed by atoms with Crippen LogP contribution < -0.4 is 5.32 Å². The summed E-state index contributed by atoms with van der Waals surface area (Å²) in [6.07, 6.45) is 0.632. The first-order valence-corrected chi connectivity index (χ1v) is 14.9. The van der Waals surface area contributed by atoms with E-state index in [9.17, 15) is 18.0 Å². The van der Waals surface area contributed by atoms with Crippen molar-refractivity contribution in [1.82, 2.24) is 19.4 Å². The SMILES string of the molecule is CCOC(=O)C1=C(CN2CCCN(S(=O)(=O)c3ccc(C)cc3)CC2)N(CC)C(=O)N[C@H]1c1ccc(C)cc1. The van der Waals surface area contributed by atoms with E-state index in [0.29, 0.717) is 57.0 Å². The van der Waals surface area contributed by atoms with Gasteiger partial charge in [-0.05, 0) is 58.4 Å². The Morgan fingerprint density at radius 3 is 2.21 bits per heavy atom. The van der Waals surface area contributed by atoms with Crippen LogP contribution in [0.1, 0.15) is 43.0 Å². The van der Waals surface area contributed by atoms with Crippen molar-refractivity contribution < 1.29 is 22.7 Å². The second-order valence-electron chi connectivity index (χ2n) is 9.97. The molecule has 1 fully saturated rings. The Balaban J connectivity index is 1.63. The Bertz CT molecular complexity index is 1320. The molecule has 0 aromatic heterocycles. The number of hydrogen-bond acceptors (Lipinski definition) is 6. The highest BCUT2D eigenvalue weighted by molar-refractivity contribution is 7.89. The maximum atomic E-state index is 13.3. The fourth-order valence-corrected chi connectivity index (χ4v) is 6.55. The van der Waals surface area contributed by atoms with E-state index in [4.69, 9.17) is 4.74 Å². The Kier molecular flexibility index (Phi) is 9.09. The molecule has 39 heavy (non-hydrogen) atoms. The minimum Gasteiger partial charge on any atom is -0.463 e. The Morgan fingerprint density at radius 1 is 0.949 bits per heavy atom. The van der Waals surface area contributed by atoms with Crippen LogP contribution in [0.15, 0.2) is 64.7 Å². The number of amides is 2. The molecule has 9 nitrogen and oxygen atoms in total. The topological polar surface area (TPSA) is 99.3 Å². The van der Waals surface area contributed by atoms with Gasteiger partial charge in [0.1, 0.15) is 0 Å². The molecule has 1 N–H and O–H groups in total. The highest BCUT2D eigenvalue weighted by atomic mass is 32.2. The maximum Gasteiger partial charge on any atom is 0.338 e. The standard InChI is InChI=1S/C29H38N4O5S/c1-5-33-25(26(28(34)38-6-2)27(30-29(33)35)23-12-8-21(3)9-13-23)20-31-16-7-17-32(19-18-31)39(36,37)24-14-10-22(4)11-15-24/h8-15,27H,5-7,16-20H2,1-4H3,(H,30,35)/t27-/m0/s1. The largest absolute Gasteiger partial charge is 0.463 e. The number of urea groups is 1. The summed E-state index contributed by atoms with van der Waals surface area (Å²) in [5.74, 6) is -0.463. The van der Waals surface area contributed by atoms with Gasteiger partial charge in [0.2, 0.25) is 10.0 Å². The number of nitrogens with one attached hydrogen (secondary N) is 1. The summed E-state index contributed by atoms with van der Waals surface area (Å²) in [7, 11) is -3.62. The van der Waals surface area contributed by atoms with Crippen molar-refractivity contribution >= 4 is 22.0 Å². The van der Waals surface area contributed by atoms with E-state index in [1.807, 2.05) is 45.0 Å². The van der Waals surface area contributed by atoms with E-state index in [1.165, 1.54) is 4.31 Å². The summed E-state index contributed by atoms with van der Waals surface area (Å²) < 4.78 is 33.6. The van der Waals surface area contributed by atoms with Crippen molar-refractivity contribution in [2.24, 2.45) is 0 Å². The normalized spacial score (nSPS) is 19.5. The molecular weight excluding hydrogens is 516 g/mol. The van der Waals surface area contributed by atoms with Crippen LogP contribution in [0.3, 0.4) is 0 Å². The van der Waals surface area contributed by atoms with E-state index in [-0.39, 0.29) is 17.5 Å². The van der Waals surface area contributed by atoms with Gasteiger partial charge in [-0.3, -0.25) is 9.80 Å². The van der Waals surface area contributed by atoms with Gasteiger partial charge in [-0.2, -0.15) is 4.31 Å². The number of sulfonamides is 1. The van der Waals surface area contributed by atoms with Crippen molar-refractivity contribution in [3.05, 3.63) is 76.5 Å². The monoisotopic (exact) mass is 554 g/mol. The van der Waals surface area contributed by atoms with Crippen LogP contribution in [0.4, 0.5) is 4.79 Å². The first-order valence-electron chi connectivity index (χ1n) is 13.5. The van der Waals surface area contributed by atoms with E-state index >= 15 is 0 Å². The molecule has 1 saturated heterocycles. The van der Waals surface area contributed by atoms with Crippen LogP contribution in [0, 0.1) is 13.8 Å².